The van der Waals surface area contributed by atoms with Crippen molar-refractivity contribution in [3.8, 4) is 22.9 Å². The number of aryl methyl sites for hydroxylation is 1. The number of benzene rings is 3. The van der Waals surface area contributed by atoms with E-state index in [0.717, 1.165) is 30.4 Å². The molecule has 3 rings (SSSR count). The molecule has 0 aliphatic carbocycles. The maximum atomic E-state index is 12.3. The van der Waals surface area contributed by atoms with Gasteiger partial charge in [0, 0.05) is 0 Å². The van der Waals surface area contributed by atoms with Gasteiger partial charge >= 0.3 is 5.97 Å². The van der Waals surface area contributed by atoms with Gasteiger partial charge < -0.3 is 4.74 Å². The summed E-state index contributed by atoms with van der Waals surface area (Å²) in [5.41, 5.74) is 4.42. The van der Waals surface area contributed by atoms with Crippen LogP contribution in [-0.2, 0) is 6.42 Å². The highest BCUT2D eigenvalue weighted by molar-refractivity contribution is 5.91. The molecule has 0 atom stereocenters. The number of nitrogens with zero attached hydrogens (tertiary/aromatic N) is 1. The molecule has 0 bridgehead atoms. The summed E-state index contributed by atoms with van der Waals surface area (Å²) < 4.78 is 5.47. The second-order valence-electron chi connectivity index (χ2n) is 6.40. The minimum absolute atomic E-state index is 0.358. The molecule has 3 nitrogen and oxygen atoms in total. The fraction of sp³-hybridized carbons (Fsp3) is 0.286. The Balaban J connectivity index is 0.00000113. The molecule has 31 heavy (non-hydrogen) atoms. The number of hydrogen-bond acceptors (Lipinski definition) is 3. The summed E-state index contributed by atoms with van der Waals surface area (Å²) in [6.45, 7) is 10.2. The van der Waals surface area contributed by atoms with Crippen molar-refractivity contribution in [2.75, 3.05) is 0 Å². The van der Waals surface area contributed by atoms with Gasteiger partial charge in [0.25, 0.3) is 0 Å². The number of unbranched alkanes of at least 4 members (excludes halogenated alkanes) is 1. The van der Waals surface area contributed by atoms with Crippen molar-refractivity contribution in [3.05, 3.63) is 89.5 Å². The standard InChI is InChI=1S/C24H21NO2.2C2H6/c1-2-3-4-18-5-11-22(12-6-18)24(26)27-23-15-13-21(14-16-23)20-9-7-19(17-25)8-10-20;2*1-2/h5-16H,2-4H2,1H3;2*1-2H3. The lowest BCUT2D eigenvalue weighted by Crippen LogP contribution is -2.08. The Kier molecular flexibility index (Phi) is 12.1. The molecule has 0 saturated heterocycles. The van der Waals surface area contributed by atoms with Crippen LogP contribution < -0.4 is 4.74 Å². The first-order valence-corrected chi connectivity index (χ1v) is 11.1. The van der Waals surface area contributed by atoms with Crippen LogP contribution in [0.2, 0.25) is 0 Å². The number of ether oxygens (including phenoxy) is 1. The number of nitriles is 1. The van der Waals surface area contributed by atoms with Crippen molar-refractivity contribution >= 4 is 5.97 Å². The fourth-order valence-electron chi connectivity index (χ4n) is 2.81. The van der Waals surface area contributed by atoms with Crippen LogP contribution in [0.15, 0.2) is 72.8 Å². The van der Waals surface area contributed by atoms with Gasteiger partial charge in [-0.25, -0.2) is 4.79 Å². The summed E-state index contributed by atoms with van der Waals surface area (Å²) in [7, 11) is 0. The Morgan fingerprint density at radius 2 is 1.32 bits per heavy atom. The minimum Gasteiger partial charge on any atom is -0.423 e. The lowest BCUT2D eigenvalue weighted by molar-refractivity contribution is 0.0735. The average Bonchev–Trinajstić information content (AvgIpc) is 2.86. The van der Waals surface area contributed by atoms with Gasteiger partial charge in [0.05, 0.1) is 17.2 Å². The lowest BCUT2D eigenvalue weighted by Gasteiger charge is -2.07. The van der Waals surface area contributed by atoms with Gasteiger partial charge in [-0.15, -0.1) is 0 Å². The molecule has 3 aromatic carbocycles. The van der Waals surface area contributed by atoms with Crippen molar-refractivity contribution in [3.63, 3.8) is 0 Å². The minimum atomic E-state index is -0.358. The van der Waals surface area contributed by atoms with Crippen LogP contribution in [0.4, 0.5) is 0 Å². The highest BCUT2D eigenvalue weighted by Gasteiger charge is 2.09. The molecule has 0 N–H and O–H groups in total. The van der Waals surface area contributed by atoms with E-state index >= 15 is 0 Å². The molecule has 0 spiro atoms. The zero-order chi connectivity index (χ0) is 23.1. The van der Waals surface area contributed by atoms with Crippen molar-refractivity contribution in [2.24, 2.45) is 0 Å². The van der Waals surface area contributed by atoms with Crippen molar-refractivity contribution in [1.29, 1.82) is 5.26 Å². The van der Waals surface area contributed by atoms with Gasteiger partial charge in [-0.3, -0.25) is 0 Å². The number of hydrogen-bond donors (Lipinski definition) is 0. The van der Waals surface area contributed by atoms with E-state index in [1.54, 1.807) is 24.3 Å². The Hall–Kier alpha value is -3.38. The molecule has 0 saturated carbocycles. The van der Waals surface area contributed by atoms with Crippen LogP contribution in [0.1, 0.15) is 68.9 Å². The van der Waals surface area contributed by atoms with Gasteiger partial charge in [-0.1, -0.05) is 77.4 Å². The van der Waals surface area contributed by atoms with E-state index in [9.17, 15) is 4.79 Å². The van der Waals surface area contributed by atoms with Gasteiger partial charge in [0.2, 0.25) is 0 Å². The van der Waals surface area contributed by atoms with E-state index in [-0.39, 0.29) is 5.97 Å². The van der Waals surface area contributed by atoms with Crippen LogP contribution in [0, 0.1) is 11.3 Å². The lowest BCUT2D eigenvalue weighted by atomic mass is 10.0. The molecular weight excluding hydrogens is 382 g/mol. The Labute approximate surface area is 187 Å². The van der Waals surface area contributed by atoms with E-state index in [1.165, 1.54) is 5.56 Å². The smallest absolute Gasteiger partial charge is 0.343 e. The van der Waals surface area contributed by atoms with Gasteiger partial charge in [-0.2, -0.15) is 5.26 Å². The van der Waals surface area contributed by atoms with Crippen LogP contribution in [0.5, 0.6) is 5.75 Å². The van der Waals surface area contributed by atoms with Gasteiger partial charge in [-0.05, 0) is 65.9 Å². The van der Waals surface area contributed by atoms with Crippen molar-refractivity contribution in [2.45, 2.75) is 53.9 Å². The van der Waals surface area contributed by atoms with E-state index in [0.29, 0.717) is 16.9 Å². The van der Waals surface area contributed by atoms with Crippen LogP contribution in [0.25, 0.3) is 11.1 Å². The predicted octanol–water partition coefficient (Wildman–Crippen LogP) is 7.84. The highest BCUT2D eigenvalue weighted by atomic mass is 16.5. The summed E-state index contributed by atoms with van der Waals surface area (Å²) in [6, 6.07) is 24.5. The van der Waals surface area contributed by atoms with Gasteiger partial charge in [0.1, 0.15) is 5.75 Å². The molecule has 3 aromatic rings. The topological polar surface area (TPSA) is 50.1 Å². The zero-order valence-electron chi connectivity index (χ0n) is 19.3. The zero-order valence-corrected chi connectivity index (χ0v) is 19.3. The molecule has 0 heterocycles. The average molecular weight is 416 g/mol. The summed E-state index contributed by atoms with van der Waals surface area (Å²) in [6.07, 6.45) is 3.33. The quantitative estimate of drug-likeness (QED) is 0.304. The third kappa shape index (κ3) is 8.10. The highest BCUT2D eigenvalue weighted by Crippen LogP contribution is 2.23. The SMILES string of the molecule is CC.CC.CCCCc1ccc(C(=O)Oc2ccc(-c3ccc(C#N)cc3)cc2)cc1. The molecule has 162 valence electrons. The van der Waals surface area contributed by atoms with Crippen molar-refractivity contribution in [1.82, 2.24) is 0 Å². The molecule has 0 aliphatic rings. The van der Waals surface area contributed by atoms with E-state index < -0.39 is 0 Å². The summed E-state index contributed by atoms with van der Waals surface area (Å²) in [5, 5.41) is 8.87. The van der Waals surface area contributed by atoms with E-state index in [1.807, 2.05) is 76.2 Å². The number of carbonyl (C=O) groups excluding carboxylic acids is 1. The Morgan fingerprint density at radius 1 is 0.806 bits per heavy atom. The van der Waals surface area contributed by atoms with E-state index in [4.69, 9.17) is 10.00 Å². The third-order valence-electron chi connectivity index (χ3n) is 4.42. The molecule has 0 aromatic heterocycles. The Bertz CT molecular complexity index is 934. The molecule has 0 aliphatic heterocycles. The van der Waals surface area contributed by atoms with E-state index in [2.05, 4.69) is 13.0 Å². The monoisotopic (exact) mass is 415 g/mol. The fourth-order valence-corrected chi connectivity index (χ4v) is 2.81. The van der Waals surface area contributed by atoms with Crippen LogP contribution in [0.3, 0.4) is 0 Å². The maximum Gasteiger partial charge on any atom is 0.343 e. The summed E-state index contributed by atoms with van der Waals surface area (Å²) >= 11 is 0. The van der Waals surface area contributed by atoms with Crippen LogP contribution >= 0.6 is 0 Å². The summed E-state index contributed by atoms with van der Waals surface area (Å²) in [5.74, 6) is 0.149. The van der Waals surface area contributed by atoms with Crippen molar-refractivity contribution < 1.29 is 9.53 Å². The third-order valence-corrected chi connectivity index (χ3v) is 4.42. The molecule has 0 amide bonds. The number of rotatable bonds is 6. The first kappa shape index (κ1) is 25.7. The molecule has 0 unspecified atom stereocenters. The summed E-state index contributed by atoms with van der Waals surface area (Å²) in [4.78, 5) is 12.3. The molecular formula is C28H33NO2. The number of esters is 1. The Morgan fingerprint density at radius 3 is 1.81 bits per heavy atom. The first-order chi connectivity index (χ1) is 15.2. The normalized spacial score (nSPS) is 9.29. The molecule has 0 radical (unpaired) electrons. The largest absolute Gasteiger partial charge is 0.423 e. The molecule has 0 fully saturated rings. The number of carbonyl (C=O) groups is 1. The second-order valence-corrected chi connectivity index (χ2v) is 6.40. The predicted molar refractivity (Wildman–Crippen MR) is 129 cm³/mol. The molecule has 3 heteroatoms. The second kappa shape index (κ2) is 14.6. The first-order valence-electron chi connectivity index (χ1n) is 11.1. The van der Waals surface area contributed by atoms with Crippen LogP contribution in [-0.4, -0.2) is 5.97 Å². The van der Waals surface area contributed by atoms with Gasteiger partial charge in [0.15, 0.2) is 0 Å². The maximum absolute atomic E-state index is 12.3.